The van der Waals surface area contributed by atoms with Crippen molar-refractivity contribution in [2.45, 2.75) is 64.0 Å². The van der Waals surface area contributed by atoms with Crippen molar-refractivity contribution in [2.75, 3.05) is 11.5 Å². The second kappa shape index (κ2) is 6.30. The lowest BCUT2D eigenvalue weighted by Gasteiger charge is -2.30. The average Bonchev–Trinajstić information content (AvgIpc) is 3.05. The molecular formula is C15H26N2S. The number of nitriles is 1. The zero-order valence-corrected chi connectivity index (χ0v) is 12.6. The maximum atomic E-state index is 9.59. The molecule has 2 aliphatic rings. The van der Waals surface area contributed by atoms with E-state index < -0.39 is 0 Å². The lowest BCUT2D eigenvalue weighted by molar-refractivity contribution is 0.308. The number of hydrogen-bond acceptors (Lipinski definition) is 3. The van der Waals surface area contributed by atoms with Crippen LogP contribution in [0.2, 0.25) is 0 Å². The zero-order valence-electron chi connectivity index (χ0n) is 11.7. The SMILES string of the molecule is CC(C)CSCCC1CCCC1(C#N)NC1CC1. The van der Waals surface area contributed by atoms with Gasteiger partial charge in [-0.15, -0.1) is 0 Å². The number of hydrogen-bond donors (Lipinski definition) is 1. The van der Waals surface area contributed by atoms with Crippen LogP contribution in [-0.4, -0.2) is 23.1 Å². The van der Waals surface area contributed by atoms with Crippen molar-refractivity contribution in [2.24, 2.45) is 11.8 Å². The van der Waals surface area contributed by atoms with E-state index in [1.165, 1.54) is 43.6 Å². The summed E-state index contributed by atoms with van der Waals surface area (Å²) in [6.07, 6.45) is 7.31. The van der Waals surface area contributed by atoms with Crippen LogP contribution >= 0.6 is 11.8 Å². The molecule has 2 fully saturated rings. The molecule has 0 spiro atoms. The molecule has 2 atom stereocenters. The molecule has 3 heteroatoms. The number of nitrogens with zero attached hydrogens (tertiary/aromatic N) is 1. The Kier molecular flexibility index (Phi) is 4.98. The molecule has 0 aromatic rings. The summed E-state index contributed by atoms with van der Waals surface area (Å²) in [5, 5.41) is 13.2. The minimum absolute atomic E-state index is 0.181. The zero-order chi connectivity index (χ0) is 13.0. The van der Waals surface area contributed by atoms with E-state index in [0.29, 0.717) is 12.0 Å². The predicted molar refractivity (Wildman–Crippen MR) is 78.6 cm³/mol. The van der Waals surface area contributed by atoms with Gasteiger partial charge in [0.2, 0.25) is 0 Å². The van der Waals surface area contributed by atoms with Crippen molar-refractivity contribution in [1.29, 1.82) is 5.26 Å². The first-order valence-electron chi connectivity index (χ1n) is 7.43. The Morgan fingerprint density at radius 1 is 1.39 bits per heavy atom. The van der Waals surface area contributed by atoms with Crippen molar-refractivity contribution in [1.82, 2.24) is 5.32 Å². The van der Waals surface area contributed by atoms with E-state index in [9.17, 15) is 5.26 Å². The van der Waals surface area contributed by atoms with Crippen molar-refractivity contribution < 1.29 is 0 Å². The minimum Gasteiger partial charge on any atom is -0.296 e. The van der Waals surface area contributed by atoms with Gasteiger partial charge in [0.15, 0.2) is 0 Å². The summed E-state index contributed by atoms with van der Waals surface area (Å²) in [6, 6.07) is 3.27. The summed E-state index contributed by atoms with van der Waals surface area (Å²) in [4.78, 5) is 0. The Labute approximate surface area is 116 Å². The Morgan fingerprint density at radius 3 is 2.78 bits per heavy atom. The van der Waals surface area contributed by atoms with Crippen LogP contribution in [0.5, 0.6) is 0 Å². The third-order valence-electron chi connectivity index (χ3n) is 4.12. The molecule has 0 heterocycles. The fourth-order valence-electron chi connectivity index (χ4n) is 2.97. The smallest absolute Gasteiger partial charge is 0.109 e. The van der Waals surface area contributed by atoms with Crippen LogP contribution < -0.4 is 5.32 Å². The molecule has 2 nitrogen and oxygen atoms in total. The van der Waals surface area contributed by atoms with Crippen molar-refractivity contribution in [3.63, 3.8) is 0 Å². The van der Waals surface area contributed by atoms with Gasteiger partial charge in [0.25, 0.3) is 0 Å². The minimum atomic E-state index is -0.181. The fraction of sp³-hybridized carbons (Fsp3) is 0.933. The molecule has 0 aromatic carbocycles. The van der Waals surface area contributed by atoms with Crippen molar-refractivity contribution in [3.8, 4) is 6.07 Å². The lowest BCUT2D eigenvalue weighted by Crippen LogP contribution is -2.48. The topological polar surface area (TPSA) is 35.8 Å². The van der Waals surface area contributed by atoms with E-state index in [1.807, 2.05) is 0 Å². The van der Waals surface area contributed by atoms with Gasteiger partial charge in [0, 0.05) is 6.04 Å². The molecule has 0 aromatic heterocycles. The largest absolute Gasteiger partial charge is 0.296 e. The van der Waals surface area contributed by atoms with Gasteiger partial charge in [0.1, 0.15) is 5.54 Å². The van der Waals surface area contributed by atoms with Crippen LogP contribution in [0, 0.1) is 23.2 Å². The Balaban J connectivity index is 1.80. The van der Waals surface area contributed by atoms with E-state index in [0.717, 1.165) is 12.3 Å². The lowest BCUT2D eigenvalue weighted by atomic mass is 9.86. The van der Waals surface area contributed by atoms with E-state index >= 15 is 0 Å². The number of nitrogens with one attached hydrogen (secondary N) is 1. The summed E-state index contributed by atoms with van der Waals surface area (Å²) < 4.78 is 0. The Morgan fingerprint density at radius 2 is 2.17 bits per heavy atom. The van der Waals surface area contributed by atoms with E-state index in [-0.39, 0.29) is 5.54 Å². The van der Waals surface area contributed by atoms with E-state index in [4.69, 9.17) is 0 Å². The van der Waals surface area contributed by atoms with Crippen LogP contribution in [-0.2, 0) is 0 Å². The summed E-state index contributed by atoms with van der Waals surface area (Å²) in [5.74, 6) is 3.84. The van der Waals surface area contributed by atoms with Gasteiger partial charge in [-0.2, -0.15) is 17.0 Å². The molecule has 0 radical (unpaired) electrons. The summed E-state index contributed by atoms with van der Waals surface area (Å²) in [6.45, 7) is 4.55. The van der Waals surface area contributed by atoms with Crippen LogP contribution in [0.4, 0.5) is 0 Å². The first-order chi connectivity index (χ1) is 8.66. The molecule has 1 N–H and O–H groups in total. The number of rotatable bonds is 7. The van der Waals surface area contributed by atoms with Gasteiger partial charge in [-0.1, -0.05) is 20.3 Å². The molecule has 2 saturated carbocycles. The molecule has 0 amide bonds. The summed E-state index contributed by atoms with van der Waals surface area (Å²) >= 11 is 2.06. The quantitative estimate of drug-likeness (QED) is 0.715. The van der Waals surface area contributed by atoms with Gasteiger partial charge < -0.3 is 0 Å². The van der Waals surface area contributed by atoms with Gasteiger partial charge in [-0.3, -0.25) is 5.32 Å². The third kappa shape index (κ3) is 3.65. The van der Waals surface area contributed by atoms with Gasteiger partial charge in [-0.25, -0.2) is 0 Å². The third-order valence-corrected chi connectivity index (χ3v) is 5.55. The van der Waals surface area contributed by atoms with Crippen LogP contribution in [0.3, 0.4) is 0 Å². The Bertz CT molecular complexity index is 306. The monoisotopic (exact) mass is 266 g/mol. The van der Waals surface area contributed by atoms with E-state index in [1.54, 1.807) is 0 Å². The molecule has 0 saturated heterocycles. The van der Waals surface area contributed by atoms with Crippen LogP contribution in [0.1, 0.15) is 52.4 Å². The first kappa shape index (κ1) is 14.2. The molecule has 2 rings (SSSR count). The van der Waals surface area contributed by atoms with Crippen molar-refractivity contribution >= 4 is 11.8 Å². The molecule has 102 valence electrons. The second-order valence-electron chi connectivity index (χ2n) is 6.35. The normalized spacial score (nSPS) is 31.8. The maximum Gasteiger partial charge on any atom is 0.109 e. The summed E-state index contributed by atoms with van der Waals surface area (Å²) in [5.41, 5.74) is -0.181. The van der Waals surface area contributed by atoms with Gasteiger partial charge in [0.05, 0.1) is 6.07 Å². The molecule has 18 heavy (non-hydrogen) atoms. The molecule has 2 unspecified atom stereocenters. The molecule has 2 aliphatic carbocycles. The fourth-order valence-corrected chi connectivity index (χ4v) is 4.06. The maximum absolute atomic E-state index is 9.59. The van der Waals surface area contributed by atoms with Crippen LogP contribution in [0.25, 0.3) is 0 Å². The van der Waals surface area contributed by atoms with E-state index in [2.05, 4.69) is 37.0 Å². The average molecular weight is 266 g/mol. The highest BCUT2D eigenvalue weighted by Crippen LogP contribution is 2.40. The van der Waals surface area contributed by atoms with Crippen molar-refractivity contribution in [3.05, 3.63) is 0 Å². The predicted octanol–water partition coefficient (Wildman–Crippen LogP) is 3.58. The Hall–Kier alpha value is -0.200. The first-order valence-corrected chi connectivity index (χ1v) is 8.58. The van der Waals surface area contributed by atoms with Gasteiger partial charge in [-0.05, 0) is 55.4 Å². The highest BCUT2D eigenvalue weighted by atomic mass is 32.2. The summed E-state index contributed by atoms with van der Waals surface area (Å²) in [7, 11) is 0. The van der Waals surface area contributed by atoms with Crippen LogP contribution in [0.15, 0.2) is 0 Å². The standard InChI is InChI=1S/C15H26N2S/c1-12(2)10-18-9-7-13-4-3-8-15(13,11-16)17-14-5-6-14/h12-14,17H,3-10H2,1-2H3. The highest BCUT2D eigenvalue weighted by molar-refractivity contribution is 7.99. The molecular weight excluding hydrogens is 240 g/mol. The molecule has 0 aliphatic heterocycles. The van der Waals surface area contributed by atoms with Gasteiger partial charge >= 0.3 is 0 Å². The number of thioether (sulfide) groups is 1. The molecule has 0 bridgehead atoms. The second-order valence-corrected chi connectivity index (χ2v) is 7.50. The highest BCUT2D eigenvalue weighted by Gasteiger charge is 2.45.